The summed E-state index contributed by atoms with van der Waals surface area (Å²) >= 11 is 0. The lowest BCUT2D eigenvalue weighted by Gasteiger charge is -2.57. The zero-order valence-corrected chi connectivity index (χ0v) is 22.3. The molecular weight excluding hydrogens is 468 g/mol. The Morgan fingerprint density at radius 3 is 2.26 bits per heavy atom. The first kappa shape index (κ1) is 27.7. The zero-order valence-electron chi connectivity index (χ0n) is 21.3. The second kappa shape index (κ2) is 11.4. The lowest BCUT2D eigenvalue weighted by Crippen LogP contribution is -2.72. The van der Waals surface area contributed by atoms with Crippen molar-refractivity contribution in [3.63, 3.8) is 0 Å². The van der Waals surface area contributed by atoms with Crippen LogP contribution in [-0.4, -0.2) is 71.1 Å². The van der Waals surface area contributed by atoms with Crippen molar-refractivity contribution in [3.05, 3.63) is 47.5 Å². The van der Waals surface area contributed by atoms with E-state index in [0.29, 0.717) is 11.9 Å². The van der Waals surface area contributed by atoms with E-state index < -0.39 is 43.6 Å². The van der Waals surface area contributed by atoms with Gasteiger partial charge in [-0.15, -0.1) is 0 Å². The lowest BCUT2D eigenvalue weighted by molar-refractivity contribution is -0.301. The van der Waals surface area contributed by atoms with Crippen LogP contribution in [0.4, 0.5) is 0 Å². The number of carbonyl (C=O) groups is 2. The van der Waals surface area contributed by atoms with Crippen molar-refractivity contribution in [2.24, 2.45) is 11.3 Å². The van der Waals surface area contributed by atoms with Gasteiger partial charge in [-0.05, 0) is 35.3 Å². The van der Waals surface area contributed by atoms with E-state index in [-0.39, 0.29) is 19.8 Å². The van der Waals surface area contributed by atoms with E-state index in [1.807, 2.05) is 30.3 Å². The molecule has 2 aliphatic rings. The first-order valence-electron chi connectivity index (χ1n) is 12.2. The topological polar surface area (TPSA) is 101 Å². The van der Waals surface area contributed by atoms with Crippen molar-refractivity contribution in [1.29, 1.82) is 0 Å². The maximum absolute atomic E-state index is 13.4. The molecule has 0 unspecified atom stereocenters. The Labute approximate surface area is 208 Å². The normalized spacial score (nSPS) is 28.1. The standard InChI is InChI=1S/C26H38O8Si/c1-6-35(7-2,8-3)34-23-20(15-27)14-26(30-4,31-5)25(18-28)21(17-33-24(29)22(23)25)32-16-19-12-10-9-11-13-19/h9-14,18,21-23,27H,6-8,15-17H2,1-5H3/t21-,22-,23-,25+/m1/s1. The highest BCUT2D eigenvalue weighted by Crippen LogP contribution is 2.55. The number of aliphatic hydroxyl groups excluding tert-OH is 1. The Balaban J connectivity index is 2.16. The van der Waals surface area contributed by atoms with E-state index in [2.05, 4.69) is 20.8 Å². The first-order chi connectivity index (χ1) is 16.9. The summed E-state index contributed by atoms with van der Waals surface area (Å²) in [5.41, 5.74) is -0.254. The summed E-state index contributed by atoms with van der Waals surface area (Å²) in [7, 11) is 0.553. The molecule has 1 aromatic rings. The van der Waals surface area contributed by atoms with Crippen molar-refractivity contribution in [2.75, 3.05) is 27.4 Å². The number of fused-ring (bicyclic) bond motifs is 1. The maximum Gasteiger partial charge on any atom is 0.313 e. The van der Waals surface area contributed by atoms with Gasteiger partial charge in [0.1, 0.15) is 30.3 Å². The molecule has 4 atom stereocenters. The number of cyclic esters (lactones) is 1. The molecule has 1 aromatic carbocycles. The molecule has 194 valence electrons. The van der Waals surface area contributed by atoms with Gasteiger partial charge in [0.2, 0.25) is 5.79 Å². The third kappa shape index (κ3) is 4.65. The quantitative estimate of drug-likeness (QED) is 0.152. The molecule has 0 radical (unpaired) electrons. The van der Waals surface area contributed by atoms with Crippen LogP contribution in [0.25, 0.3) is 0 Å². The zero-order chi connectivity index (χ0) is 25.7. The van der Waals surface area contributed by atoms with Crippen molar-refractivity contribution < 1.29 is 38.1 Å². The summed E-state index contributed by atoms with van der Waals surface area (Å²) in [6, 6.07) is 12.0. The van der Waals surface area contributed by atoms with E-state index in [0.717, 1.165) is 23.7 Å². The molecule has 35 heavy (non-hydrogen) atoms. The summed E-state index contributed by atoms with van der Waals surface area (Å²) in [4.78, 5) is 26.6. The van der Waals surface area contributed by atoms with Crippen LogP contribution in [-0.2, 0) is 39.6 Å². The Morgan fingerprint density at radius 1 is 1.11 bits per heavy atom. The van der Waals surface area contributed by atoms with E-state index in [4.69, 9.17) is 23.4 Å². The van der Waals surface area contributed by atoms with Crippen molar-refractivity contribution in [2.45, 2.75) is 63.5 Å². The van der Waals surface area contributed by atoms with Crippen molar-refractivity contribution in [3.8, 4) is 0 Å². The highest BCUT2D eigenvalue weighted by molar-refractivity contribution is 6.73. The number of aldehydes is 1. The number of methoxy groups -OCH3 is 2. The molecular formula is C26H38O8Si. The Kier molecular flexibility index (Phi) is 9.06. The molecule has 1 saturated heterocycles. The van der Waals surface area contributed by atoms with Crippen LogP contribution in [0, 0.1) is 11.3 Å². The van der Waals surface area contributed by atoms with Crippen LogP contribution < -0.4 is 0 Å². The Hall–Kier alpha value is -1.88. The molecule has 1 fully saturated rings. The molecule has 1 aliphatic carbocycles. The number of rotatable bonds is 12. The second-order valence-corrected chi connectivity index (χ2v) is 13.9. The summed E-state index contributed by atoms with van der Waals surface area (Å²) < 4.78 is 30.3. The van der Waals surface area contributed by atoms with E-state index in [9.17, 15) is 14.7 Å². The largest absolute Gasteiger partial charge is 0.463 e. The van der Waals surface area contributed by atoms with E-state index in [1.165, 1.54) is 14.2 Å². The van der Waals surface area contributed by atoms with Gasteiger partial charge in [0, 0.05) is 14.2 Å². The van der Waals surface area contributed by atoms with Crippen molar-refractivity contribution in [1.82, 2.24) is 0 Å². The molecule has 0 spiro atoms. The number of hydrogen-bond donors (Lipinski definition) is 1. The van der Waals surface area contributed by atoms with Gasteiger partial charge in [0.05, 0.1) is 19.3 Å². The van der Waals surface area contributed by atoms with Crippen LogP contribution >= 0.6 is 0 Å². The monoisotopic (exact) mass is 506 g/mol. The summed E-state index contributed by atoms with van der Waals surface area (Å²) in [5, 5.41) is 10.3. The molecule has 9 heteroatoms. The predicted octanol–water partition coefficient (Wildman–Crippen LogP) is 3.24. The molecule has 0 amide bonds. The molecule has 0 saturated carbocycles. The summed E-state index contributed by atoms with van der Waals surface area (Å²) in [5.74, 6) is -3.36. The van der Waals surface area contributed by atoms with Crippen LogP contribution in [0.3, 0.4) is 0 Å². The van der Waals surface area contributed by atoms with Gasteiger partial charge in [-0.25, -0.2) is 0 Å². The highest BCUT2D eigenvalue weighted by atomic mass is 28.4. The van der Waals surface area contributed by atoms with E-state index >= 15 is 0 Å². The minimum absolute atomic E-state index is 0.137. The third-order valence-corrected chi connectivity index (χ3v) is 12.5. The number of esters is 1. The minimum Gasteiger partial charge on any atom is -0.463 e. The molecule has 8 nitrogen and oxygen atoms in total. The number of aliphatic hydroxyl groups is 1. The fourth-order valence-corrected chi connectivity index (χ4v) is 8.38. The lowest BCUT2D eigenvalue weighted by atomic mass is 9.58. The van der Waals surface area contributed by atoms with Gasteiger partial charge in [0.25, 0.3) is 0 Å². The van der Waals surface area contributed by atoms with Crippen LogP contribution in [0.15, 0.2) is 42.0 Å². The fraction of sp³-hybridized carbons (Fsp3) is 0.615. The van der Waals surface area contributed by atoms with Gasteiger partial charge in [-0.1, -0.05) is 51.1 Å². The minimum atomic E-state index is -2.27. The van der Waals surface area contributed by atoms with Crippen LogP contribution in [0.1, 0.15) is 26.3 Å². The Bertz CT molecular complexity index is 888. The molecule has 0 bridgehead atoms. The number of carbonyl (C=O) groups excluding carboxylic acids is 2. The molecule has 1 aliphatic heterocycles. The molecule has 3 rings (SSSR count). The fourth-order valence-electron chi connectivity index (χ4n) is 5.55. The maximum atomic E-state index is 13.4. The van der Waals surface area contributed by atoms with Gasteiger partial charge in [-0.3, -0.25) is 4.79 Å². The SMILES string of the molecule is CC[Si](CC)(CC)O[C@@H]1C(CO)=CC(OC)(OC)[C@@]2(C=O)[C@H](OCc3ccccc3)COC(=O)[C@@H]12. The van der Waals surface area contributed by atoms with Crippen LogP contribution in [0.5, 0.6) is 0 Å². The Morgan fingerprint density at radius 2 is 1.74 bits per heavy atom. The molecule has 1 N–H and O–H groups in total. The van der Waals surface area contributed by atoms with Gasteiger partial charge in [0.15, 0.2) is 8.32 Å². The molecule has 1 heterocycles. The van der Waals surface area contributed by atoms with Gasteiger partial charge in [-0.2, -0.15) is 0 Å². The third-order valence-electron chi connectivity index (χ3n) is 7.91. The van der Waals surface area contributed by atoms with Crippen LogP contribution in [0.2, 0.25) is 18.1 Å². The highest BCUT2D eigenvalue weighted by Gasteiger charge is 2.71. The summed E-state index contributed by atoms with van der Waals surface area (Å²) in [6.45, 7) is 5.93. The molecule has 0 aromatic heterocycles. The smallest absolute Gasteiger partial charge is 0.313 e. The predicted molar refractivity (Wildman–Crippen MR) is 132 cm³/mol. The van der Waals surface area contributed by atoms with Gasteiger partial charge < -0.3 is 33.3 Å². The van der Waals surface area contributed by atoms with E-state index in [1.54, 1.807) is 6.08 Å². The number of hydrogen-bond acceptors (Lipinski definition) is 8. The average molecular weight is 507 g/mol. The van der Waals surface area contributed by atoms with Gasteiger partial charge >= 0.3 is 5.97 Å². The summed E-state index contributed by atoms with van der Waals surface area (Å²) in [6.07, 6.45) is 0.576. The number of benzene rings is 1. The second-order valence-electron chi connectivity index (χ2n) is 9.18. The number of ether oxygens (including phenoxy) is 4. The van der Waals surface area contributed by atoms with Crippen molar-refractivity contribution >= 4 is 20.6 Å². The first-order valence-corrected chi connectivity index (χ1v) is 14.8. The average Bonchev–Trinajstić information content (AvgIpc) is 2.91.